The van der Waals surface area contributed by atoms with Gasteiger partial charge in [0.15, 0.2) is 0 Å². The number of anilines is 1. The normalized spacial score (nSPS) is 14.9. The fourth-order valence-corrected chi connectivity index (χ4v) is 2.37. The molecule has 0 aromatic carbocycles. The van der Waals surface area contributed by atoms with Crippen LogP contribution in [-0.4, -0.2) is 33.0 Å². The highest BCUT2D eigenvalue weighted by molar-refractivity contribution is 6.28. The molecule has 2 aromatic heterocycles. The molecule has 0 amide bonds. The predicted octanol–water partition coefficient (Wildman–Crippen LogP) is 2.11. The van der Waals surface area contributed by atoms with Crippen molar-refractivity contribution in [1.82, 2.24) is 19.9 Å². The minimum absolute atomic E-state index is 0.265. The van der Waals surface area contributed by atoms with Gasteiger partial charge in [-0.25, -0.2) is 4.98 Å². The van der Waals surface area contributed by atoms with Crippen molar-refractivity contribution in [2.24, 2.45) is 0 Å². The lowest BCUT2D eigenvalue weighted by Gasteiger charge is -2.15. The average Bonchev–Trinajstić information content (AvgIpc) is 2.93. The summed E-state index contributed by atoms with van der Waals surface area (Å²) in [6, 6.07) is 3.90. The van der Waals surface area contributed by atoms with Crippen molar-refractivity contribution in [2.75, 3.05) is 18.0 Å². The third kappa shape index (κ3) is 2.98. The Hall–Kier alpha value is -1.75. The second-order valence-corrected chi connectivity index (χ2v) is 4.89. The van der Waals surface area contributed by atoms with Gasteiger partial charge in [-0.05, 0) is 42.1 Å². The Balaban J connectivity index is 1.85. The lowest BCUT2D eigenvalue weighted by molar-refractivity contribution is 0.841. The van der Waals surface area contributed by atoms with Crippen molar-refractivity contribution < 1.29 is 0 Å². The molecule has 1 saturated heterocycles. The minimum atomic E-state index is 0.265. The third-order valence-electron chi connectivity index (χ3n) is 3.14. The lowest BCUT2D eigenvalue weighted by Crippen LogP contribution is -2.21. The first-order chi connectivity index (χ1) is 9.31. The number of nitrogens with zero attached hydrogens (tertiary/aromatic N) is 5. The monoisotopic (exact) mass is 275 g/mol. The Labute approximate surface area is 116 Å². The highest BCUT2D eigenvalue weighted by atomic mass is 35.5. The van der Waals surface area contributed by atoms with Gasteiger partial charge in [0.1, 0.15) is 5.82 Å². The molecule has 19 heavy (non-hydrogen) atoms. The summed E-state index contributed by atoms with van der Waals surface area (Å²) in [5.74, 6) is 1.40. The summed E-state index contributed by atoms with van der Waals surface area (Å²) >= 11 is 5.99. The van der Waals surface area contributed by atoms with E-state index in [9.17, 15) is 0 Å². The fourth-order valence-electron chi connectivity index (χ4n) is 2.20. The van der Waals surface area contributed by atoms with Crippen LogP contribution in [0.2, 0.25) is 5.28 Å². The largest absolute Gasteiger partial charge is 0.341 e. The van der Waals surface area contributed by atoms with Crippen molar-refractivity contribution in [3.8, 4) is 0 Å². The van der Waals surface area contributed by atoms with Gasteiger partial charge in [0.2, 0.25) is 11.2 Å². The summed E-state index contributed by atoms with van der Waals surface area (Å²) in [4.78, 5) is 19.1. The SMILES string of the molecule is Clc1nc(Cc2ccncc2)nc(N2CCCC2)n1. The molecular formula is C13H14ClN5. The van der Waals surface area contributed by atoms with Crippen molar-refractivity contribution >= 4 is 17.5 Å². The zero-order chi connectivity index (χ0) is 13.1. The fraction of sp³-hybridized carbons (Fsp3) is 0.385. The first-order valence-corrected chi connectivity index (χ1v) is 6.73. The van der Waals surface area contributed by atoms with E-state index in [1.165, 1.54) is 12.8 Å². The van der Waals surface area contributed by atoms with Gasteiger partial charge in [0.25, 0.3) is 0 Å². The third-order valence-corrected chi connectivity index (χ3v) is 3.31. The molecule has 1 fully saturated rings. The molecule has 0 saturated carbocycles. The zero-order valence-electron chi connectivity index (χ0n) is 10.5. The van der Waals surface area contributed by atoms with E-state index in [4.69, 9.17) is 11.6 Å². The molecule has 3 heterocycles. The van der Waals surface area contributed by atoms with Crippen molar-refractivity contribution in [3.05, 3.63) is 41.2 Å². The van der Waals surface area contributed by atoms with Gasteiger partial charge in [0.05, 0.1) is 0 Å². The van der Waals surface area contributed by atoms with E-state index in [2.05, 4.69) is 24.8 Å². The summed E-state index contributed by atoms with van der Waals surface area (Å²) in [5, 5.41) is 0.265. The number of pyridine rings is 1. The van der Waals surface area contributed by atoms with Crippen LogP contribution in [-0.2, 0) is 6.42 Å². The molecule has 6 heteroatoms. The summed E-state index contributed by atoms with van der Waals surface area (Å²) in [6.07, 6.45) is 6.54. The number of hydrogen-bond acceptors (Lipinski definition) is 5. The summed E-state index contributed by atoms with van der Waals surface area (Å²) in [5.41, 5.74) is 1.12. The van der Waals surface area contributed by atoms with Crippen LogP contribution in [0.1, 0.15) is 24.2 Å². The van der Waals surface area contributed by atoms with Crippen LogP contribution in [0.15, 0.2) is 24.5 Å². The number of aromatic nitrogens is 4. The van der Waals surface area contributed by atoms with Gasteiger partial charge in [-0.1, -0.05) is 0 Å². The van der Waals surface area contributed by atoms with Gasteiger partial charge in [-0.15, -0.1) is 0 Å². The van der Waals surface area contributed by atoms with Crippen LogP contribution in [0.25, 0.3) is 0 Å². The zero-order valence-corrected chi connectivity index (χ0v) is 11.2. The van der Waals surface area contributed by atoms with Gasteiger partial charge in [0, 0.05) is 31.9 Å². The van der Waals surface area contributed by atoms with Crippen molar-refractivity contribution in [1.29, 1.82) is 0 Å². The first-order valence-electron chi connectivity index (χ1n) is 6.35. The molecule has 0 aliphatic carbocycles. The smallest absolute Gasteiger partial charge is 0.229 e. The Morgan fingerprint density at radius 2 is 1.79 bits per heavy atom. The van der Waals surface area contributed by atoms with Crippen LogP contribution in [0.5, 0.6) is 0 Å². The number of halogens is 1. The van der Waals surface area contributed by atoms with Gasteiger partial charge >= 0.3 is 0 Å². The Kier molecular flexibility index (Phi) is 3.55. The van der Waals surface area contributed by atoms with E-state index in [-0.39, 0.29) is 5.28 Å². The van der Waals surface area contributed by atoms with E-state index < -0.39 is 0 Å². The highest BCUT2D eigenvalue weighted by Gasteiger charge is 2.16. The topological polar surface area (TPSA) is 54.8 Å². The maximum atomic E-state index is 5.99. The van der Waals surface area contributed by atoms with Crippen molar-refractivity contribution in [3.63, 3.8) is 0 Å². The minimum Gasteiger partial charge on any atom is -0.341 e. The van der Waals surface area contributed by atoms with Gasteiger partial charge in [-0.2, -0.15) is 9.97 Å². The molecule has 0 bridgehead atoms. The van der Waals surface area contributed by atoms with E-state index >= 15 is 0 Å². The molecule has 0 N–H and O–H groups in total. The Morgan fingerprint density at radius 1 is 1.05 bits per heavy atom. The first kappa shape index (κ1) is 12.3. The standard InChI is InChI=1S/C13H14ClN5/c14-12-16-11(9-10-3-5-15-6-4-10)17-13(18-12)19-7-1-2-8-19/h3-6H,1-2,7-9H2. The molecule has 98 valence electrons. The summed E-state index contributed by atoms with van der Waals surface area (Å²) in [6.45, 7) is 1.99. The molecule has 0 spiro atoms. The van der Waals surface area contributed by atoms with Crippen LogP contribution in [0.4, 0.5) is 5.95 Å². The maximum Gasteiger partial charge on any atom is 0.229 e. The molecule has 0 atom stereocenters. The average molecular weight is 276 g/mol. The van der Waals surface area contributed by atoms with Crippen LogP contribution in [0, 0.1) is 0 Å². The van der Waals surface area contributed by atoms with Gasteiger partial charge in [-0.3, -0.25) is 4.98 Å². The highest BCUT2D eigenvalue weighted by Crippen LogP contribution is 2.18. The van der Waals surface area contributed by atoms with E-state index in [0.717, 1.165) is 18.7 Å². The number of hydrogen-bond donors (Lipinski definition) is 0. The van der Waals surface area contributed by atoms with Crippen LogP contribution in [0.3, 0.4) is 0 Å². The molecule has 0 unspecified atom stereocenters. The molecule has 2 aromatic rings. The summed E-state index contributed by atoms with van der Waals surface area (Å²) < 4.78 is 0. The van der Waals surface area contributed by atoms with E-state index in [1.807, 2.05) is 12.1 Å². The number of rotatable bonds is 3. The van der Waals surface area contributed by atoms with Gasteiger partial charge < -0.3 is 4.90 Å². The predicted molar refractivity (Wildman–Crippen MR) is 73.3 cm³/mol. The second-order valence-electron chi connectivity index (χ2n) is 4.55. The van der Waals surface area contributed by atoms with E-state index in [1.54, 1.807) is 12.4 Å². The van der Waals surface area contributed by atoms with E-state index in [0.29, 0.717) is 18.2 Å². The lowest BCUT2D eigenvalue weighted by atomic mass is 10.2. The van der Waals surface area contributed by atoms with Crippen molar-refractivity contribution in [2.45, 2.75) is 19.3 Å². The van der Waals surface area contributed by atoms with Crippen LogP contribution >= 0.6 is 11.6 Å². The quantitative estimate of drug-likeness (QED) is 0.859. The molecule has 1 aliphatic heterocycles. The molecule has 5 nitrogen and oxygen atoms in total. The van der Waals surface area contributed by atoms with Crippen LogP contribution < -0.4 is 4.90 Å². The molecule has 0 radical (unpaired) electrons. The Morgan fingerprint density at radius 3 is 2.53 bits per heavy atom. The molecule has 1 aliphatic rings. The molecular weight excluding hydrogens is 262 g/mol. The summed E-state index contributed by atoms with van der Waals surface area (Å²) in [7, 11) is 0. The molecule has 3 rings (SSSR count). The maximum absolute atomic E-state index is 5.99. The second kappa shape index (κ2) is 5.48. The Bertz CT molecular complexity index is 554.